The van der Waals surface area contributed by atoms with Crippen LogP contribution >= 0.6 is 15.9 Å². The summed E-state index contributed by atoms with van der Waals surface area (Å²) >= 11 is 3.33. The molecule has 2 N–H and O–H groups in total. The molecule has 0 radical (unpaired) electrons. The SMILES string of the molecule is O=C(O)C1CCN(C(=O)NCCCn2cc(Br)cn2)CC1. The van der Waals surface area contributed by atoms with Crippen LogP contribution in [-0.2, 0) is 11.3 Å². The normalized spacial score (nSPS) is 16.0. The maximum atomic E-state index is 11.9. The lowest BCUT2D eigenvalue weighted by Gasteiger charge is -2.30. The molecule has 1 aromatic rings. The van der Waals surface area contributed by atoms with Crippen LogP contribution < -0.4 is 5.32 Å². The fourth-order valence-corrected chi connectivity index (χ4v) is 2.67. The number of rotatable bonds is 5. The van der Waals surface area contributed by atoms with Gasteiger partial charge in [-0.1, -0.05) is 0 Å². The second kappa shape index (κ2) is 7.44. The van der Waals surface area contributed by atoms with Crippen LogP contribution in [0.1, 0.15) is 19.3 Å². The van der Waals surface area contributed by atoms with Crippen molar-refractivity contribution >= 4 is 27.9 Å². The summed E-state index contributed by atoms with van der Waals surface area (Å²) in [4.78, 5) is 24.5. The Balaban J connectivity index is 1.63. The van der Waals surface area contributed by atoms with Crippen LogP contribution in [0.15, 0.2) is 16.9 Å². The molecular formula is C13H19BrN4O3. The number of nitrogens with one attached hydrogen (secondary N) is 1. The molecule has 1 aliphatic heterocycles. The predicted molar refractivity (Wildman–Crippen MR) is 79.9 cm³/mol. The molecule has 0 atom stereocenters. The van der Waals surface area contributed by atoms with E-state index in [1.807, 2.05) is 10.9 Å². The van der Waals surface area contributed by atoms with Crippen LogP contribution in [0, 0.1) is 5.92 Å². The van der Waals surface area contributed by atoms with Gasteiger partial charge in [-0.25, -0.2) is 4.79 Å². The standard InChI is InChI=1S/C13H19BrN4O3/c14-11-8-16-18(9-11)5-1-4-15-13(21)17-6-2-10(3-7-17)12(19)20/h8-10H,1-7H2,(H,15,21)(H,19,20). The number of amides is 2. The highest BCUT2D eigenvalue weighted by atomic mass is 79.9. The van der Waals surface area contributed by atoms with Gasteiger partial charge in [0.25, 0.3) is 0 Å². The van der Waals surface area contributed by atoms with Crippen LogP contribution in [0.25, 0.3) is 0 Å². The van der Waals surface area contributed by atoms with Crippen LogP contribution in [0.4, 0.5) is 4.79 Å². The molecule has 0 saturated carbocycles. The molecule has 0 aromatic carbocycles. The minimum absolute atomic E-state index is 0.111. The summed E-state index contributed by atoms with van der Waals surface area (Å²) in [7, 11) is 0. The maximum Gasteiger partial charge on any atom is 0.317 e. The number of carbonyl (C=O) groups is 2. The van der Waals surface area contributed by atoms with Gasteiger partial charge in [-0.3, -0.25) is 9.48 Å². The van der Waals surface area contributed by atoms with Gasteiger partial charge in [-0.15, -0.1) is 0 Å². The fraction of sp³-hybridized carbons (Fsp3) is 0.615. The molecule has 0 unspecified atom stereocenters. The van der Waals surface area contributed by atoms with E-state index in [9.17, 15) is 9.59 Å². The third-order valence-electron chi connectivity index (χ3n) is 3.57. The van der Waals surface area contributed by atoms with E-state index in [0.29, 0.717) is 32.5 Å². The smallest absolute Gasteiger partial charge is 0.317 e. The Morgan fingerprint density at radius 1 is 1.43 bits per heavy atom. The summed E-state index contributed by atoms with van der Waals surface area (Å²) < 4.78 is 2.75. The van der Waals surface area contributed by atoms with Crippen molar-refractivity contribution in [2.24, 2.45) is 5.92 Å². The number of carboxylic acid groups (broad SMARTS) is 1. The topological polar surface area (TPSA) is 87.5 Å². The molecule has 8 heteroatoms. The van der Waals surface area contributed by atoms with Gasteiger partial charge in [0, 0.05) is 32.4 Å². The third kappa shape index (κ3) is 4.73. The second-order valence-electron chi connectivity index (χ2n) is 5.11. The van der Waals surface area contributed by atoms with E-state index in [4.69, 9.17) is 5.11 Å². The number of aliphatic carboxylic acids is 1. The third-order valence-corrected chi connectivity index (χ3v) is 3.98. The van der Waals surface area contributed by atoms with E-state index in [1.54, 1.807) is 11.1 Å². The van der Waals surface area contributed by atoms with Crippen molar-refractivity contribution in [3.05, 3.63) is 16.9 Å². The van der Waals surface area contributed by atoms with Crippen molar-refractivity contribution in [2.75, 3.05) is 19.6 Å². The maximum absolute atomic E-state index is 11.9. The van der Waals surface area contributed by atoms with E-state index in [1.165, 1.54) is 0 Å². The molecule has 2 amide bonds. The summed E-state index contributed by atoms with van der Waals surface area (Å²) in [6.07, 6.45) is 5.48. The molecule has 116 valence electrons. The van der Waals surface area contributed by atoms with Crippen LogP contribution in [0.2, 0.25) is 0 Å². The van der Waals surface area contributed by atoms with E-state index in [-0.39, 0.29) is 11.9 Å². The van der Waals surface area contributed by atoms with Gasteiger partial charge < -0.3 is 15.3 Å². The summed E-state index contributed by atoms with van der Waals surface area (Å²) in [5.74, 6) is -1.08. The first kappa shape index (κ1) is 15.8. The highest BCUT2D eigenvalue weighted by molar-refractivity contribution is 9.10. The number of likely N-dealkylation sites (tertiary alicyclic amines) is 1. The second-order valence-corrected chi connectivity index (χ2v) is 6.02. The van der Waals surface area contributed by atoms with E-state index in [2.05, 4.69) is 26.3 Å². The lowest BCUT2D eigenvalue weighted by Crippen LogP contribution is -2.45. The molecule has 2 heterocycles. The minimum atomic E-state index is -0.763. The van der Waals surface area contributed by atoms with Crippen LogP contribution in [0.3, 0.4) is 0 Å². The van der Waals surface area contributed by atoms with Gasteiger partial charge in [0.05, 0.1) is 16.6 Å². The van der Waals surface area contributed by atoms with Crippen molar-refractivity contribution in [1.82, 2.24) is 20.0 Å². The molecule has 1 aromatic heterocycles. The summed E-state index contributed by atoms with van der Waals surface area (Å²) in [5.41, 5.74) is 0. The first-order valence-electron chi connectivity index (χ1n) is 7.00. The van der Waals surface area contributed by atoms with E-state index in [0.717, 1.165) is 17.4 Å². The summed E-state index contributed by atoms with van der Waals surface area (Å²) in [6.45, 7) is 2.34. The Morgan fingerprint density at radius 3 is 2.71 bits per heavy atom. The zero-order valence-corrected chi connectivity index (χ0v) is 13.3. The zero-order chi connectivity index (χ0) is 15.2. The largest absolute Gasteiger partial charge is 0.481 e. The highest BCUT2D eigenvalue weighted by Gasteiger charge is 2.26. The number of hydrogen-bond acceptors (Lipinski definition) is 3. The van der Waals surface area contributed by atoms with Crippen molar-refractivity contribution in [1.29, 1.82) is 0 Å². The monoisotopic (exact) mass is 358 g/mol. The van der Waals surface area contributed by atoms with Crippen molar-refractivity contribution in [3.8, 4) is 0 Å². The molecule has 7 nitrogen and oxygen atoms in total. The predicted octanol–water partition coefficient (Wildman–Crippen LogP) is 1.54. The number of hydrogen-bond donors (Lipinski definition) is 2. The Morgan fingerprint density at radius 2 is 2.14 bits per heavy atom. The quantitative estimate of drug-likeness (QED) is 0.781. The van der Waals surface area contributed by atoms with Gasteiger partial charge in [-0.05, 0) is 35.2 Å². The van der Waals surface area contributed by atoms with Gasteiger partial charge in [0.15, 0.2) is 0 Å². The number of carboxylic acids is 1. The number of piperidine rings is 1. The lowest BCUT2D eigenvalue weighted by atomic mass is 9.97. The molecule has 2 rings (SSSR count). The van der Waals surface area contributed by atoms with Crippen LogP contribution in [-0.4, -0.2) is 51.4 Å². The molecule has 0 bridgehead atoms. The summed E-state index contributed by atoms with van der Waals surface area (Å²) in [5, 5.41) is 15.9. The van der Waals surface area contributed by atoms with Crippen molar-refractivity contribution < 1.29 is 14.7 Å². The first-order valence-corrected chi connectivity index (χ1v) is 7.79. The number of urea groups is 1. The molecule has 0 aliphatic carbocycles. The lowest BCUT2D eigenvalue weighted by molar-refractivity contribution is -0.143. The number of nitrogens with zero attached hydrogens (tertiary/aromatic N) is 3. The number of halogens is 1. The Kier molecular flexibility index (Phi) is 5.60. The van der Waals surface area contributed by atoms with Crippen molar-refractivity contribution in [2.45, 2.75) is 25.8 Å². The molecule has 0 spiro atoms. The molecule has 21 heavy (non-hydrogen) atoms. The van der Waals surface area contributed by atoms with Gasteiger partial charge >= 0.3 is 12.0 Å². The fourth-order valence-electron chi connectivity index (χ4n) is 2.34. The van der Waals surface area contributed by atoms with Gasteiger partial charge in [0.1, 0.15) is 0 Å². The Hall–Kier alpha value is -1.57. The van der Waals surface area contributed by atoms with Gasteiger partial charge in [0.2, 0.25) is 0 Å². The number of carbonyl (C=O) groups excluding carboxylic acids is 1. The van der Waals surface area contributed by atoms with E-state index < -0.39 is 5.97 Å². The number of aromatic nitrogens is 2. The number of aryl methyl sites for hydroxylation is 1. The van der Waals surface area contributed by atoms with Crippen LogP contribution in [0.5, 0.6) is 0 Å². The molecular weight excluding hydrogens is 340 g/mol. The average molecular weight is 359 g/mol. The first-order chi connectivity index (χ1) is 10.1. The molecule has 1 saturated heterocycles. The molecule has 1 aliphatic rings. The van der Waals surface area contributed by atoms with E-state index >= 15 is 0 Å². The summed E-state index contributed by atoms with van der Waals surface area (Å²) in [6, 6.07) is -0.111. The molecule has 1 fully saturated rings. The highest BCUT2D eigenvalue weighted by Crippen LogP contribution is 2.17. The Labute approximate surface area is 131 Å². The Bertz CT molecular complexity index is 497. The average Bonchev–Trinajstić information content (AvgIpc) is 2.89. The van der Waals surface area contributed by atoms with Gasteiger partial charge in [-0.2, -0.15) is 5.10 Å². The minimum Gasteiger partial charge on any atom is -0.481 e. The van der Waals surface area contributed by atoms with Crippen molar-refractivity contribution in [3.63, 3.8) is 0 Å². The zero-order valence-electron chi connectivity index (χ0n) is 11.7.